The molecule has 5 heteroatoms. The first-order chi connectivity index (χ1) is 5.72. The van der Waals surface area contributed by atoms with E-state index in [9.17, 15) is 4.79 Å². The van der Waals surface area contributed by atoms with Crippen molar-refractivity contribution in [2.75, 3.05) is 19.7 Å². The zero-order valence-electron chi connectivity index (χ0n) is 7.42. The van der Waals surface area contributed by atoms with E-state index < -0.39 is 6.03 Å². The normalized spacial score (nSPS) is 9.83. The largest absolute Gasteiger partial charge is 0.394 e. The zero-order chi connectivity index (χ0) is 9.40. The van der Waals surface area contributed by atoms with Crippen LogP contribution in [0.4, 0.5) is 4.79 Å². The third kappa shape index (κ3) is 4.92. The Bertz CT molecular complexity index is 130. The summed E-state index contributed by atoms with van der Waals surface area (Å²) in [5.74, 6) is 0. The third-order valence-corrected chi connectivity index (χ3v) is 1.42. The number of amides is 2. The smallest absolute Gasteiger partial charge is 0.329 e. The molecule has 0 aliphatic carbocycles. The lowest BCUT2D eigenvalue weighted by Crippen LogP contribution is -2.47. The number of carbonyl (C=O) groups is 1. The molecule has 0 aromatic heterocycles. The van der Waals surface area contributed by atoms with Crippen LogP contribution in [0.5, 0.6) is 0 Å². The van der Waals surface area contributed by atoms with E-state index in [1.165, 1.54) is 5.01 Å². The molecule has 0 spiro atoms. The van der Waals surface area contributed by atoms with E-state index in [1.54, 1.807) is 0 Å². The van der Waals surface area contributed by atoms with Gasteiger partial charge >= 0.3 is 6.03 Å². The molecule has 0 unspecified atom stereocenters. The van der Waals surface area contributed by atoms with E-state index in [1.807, 2.05) is 0 Å². The molecule has 0 aromatic carbocycles. The quantitative estimate of drug-likeness (QED) is 0.382. The Labute approximate surface area is 72.5 Å². The molecule has 0 atom stereocenters. The standard InChI is InChI=1S/C7H17N3O2/c1-2-3-4-9-10(5-6-11)7(8)12/h9,11H,2-6H2,1H3,(H2,8,12). The molecule has 0 aliphatic heterocycles. The van der Waals surface area contributed by atoms with Gasteiger partial charge in [0.2, 0.25) is 0 Å². The van der Waals surface area contributed by atoms with Gasteiger partial charge in [0.1, 0.15) is 0 Å². The number of nitrogens with zero attached hydrogens (tertiary/aromatic N) is 1. The number of carbonyl (C=O) groups excluding carboxylic acids is 1. The van der Waals surface area contributed by atoms with E-state index in [4.69, 9.17) is 10.8 Å². The molecule has 72 valence electrons. The van der Waals surface area contributed by atoms with Crippen molar-refractivity contribution in [1.29, 1.82) is 0 Å². The minimum Gasteiger partial charge on any atom is -0.394 e. The molecule has 0 radical (unpaired) electrons. The number of nitrogens with two attached hydrogens (primary N) is 1. The molecular weight excluding hydrogens is 158 g/mol. The number of urea groups is 1. The summed E-state index contributed by atoms with van der Waals surface area (Å²) >= 11 is 0. The van der Waals surface area contributed by atoms with Crippen LogP contribution in [0.2, 0.25) is 0 Å². The first-order valence-electron chi connectivity index (χ1n) is 4.13. The predicted octanol–water partition coefficient (Wildman–Crippen LogP) is -0.336. The predicted molar refractivity (Wildman–Crippen MR) is 46.3 cm³/mol. The van der Waals surface area contributed by atoms with Crippen LogP contribution in [0.25, 0.3) is 0 Å². The van der Waals surface area contributed by atoms with Gasteiger partial charge < -0.3 is 10.8 Å². The molecule has 0 fully saturated rings. The van der Waals surface area contributed by atoms with Crippen LogP contribution in [0, 0.1) is 0 Å². The number of nitrogens with one attached hydrogen (secondary N) is 1. The summed E-state index contributed by atoms with van der Waals surface area (Å²) in [6.45, 7) is 2.92. The van der Waals surface area contributed by atoms with Gasteiger partial charge in [-0.1, -0.05) is 13.3 Å². The lowest BCUT2D eigenvalue weighted by molar-refractivity contribution is 0.154. The van der Waals surface area contributed by atoms with Crippen molar-refractivity contribution in [2.24, 2.45) is 5.73 Å². The summed E-state index contributed by atoms with van der Waals surface area (Å²) in [5, 5.41) is 9.77. The Morgan fingerprint density at radius 2 is 2.33 bits per heavy atom. The monoisotopic (exact) mass is 175 g/mol. The lowest BCUT2D eigenvalue weighted by atomic mass is 10.3. The maximum Gasteiger partial charge on any atom is 0.329 e. The summed E-state index contributed by atoms with van der Waals surface area (Å²) in [7, 11) is 0. The Morgan fingerprint density at radius 3 is 2.75 bits per heavy atom. The fourth-order valence-corrected chi connectivity index (χ4v) is 0.758. The van der Waals surface area contributed by atoms with Crippen molar-refractivity contribution >= 4 is 6.03 Å². The molecule has 0 aliphatic rings. The summed E-state index contributed by atoms with van der Waals surface area (Å²) in [4.78, 5) is 10.7. The van der Waals surface area contributed by atoms with E-state index in [0.717, 1.165) is 12.8 Å². The summed E-state index contributed by atoms with van der Waals surface area (Å²) in [5.41, 5.74) is 7.84. The molecule has 0 saturated heterocycles. The van der Waals surface area contributed by atoms with E-state index in [0.29, 0.717) is 6.54 Å². The van der Waals surface area contributed by atoms with Crippen molar-refractivity contribution in [3.63, 3.8) is 0 Å². The van der Waals surface area contributed by atoms with Crippen molar-refractivity contribution in [2.45, 2.75) is 19.8 Å². The van der Waals surface area contributed by atoms with Crippen molar-refractivity contribution < 1.29 is 9.90 Å². The van der Waals surface area contributed by atoms with Crippen LogP contribution in [-0.4, -0.2) is 35.8 Å². The zero-order valence-corrected chi connectivity index (χ0v) is 7.42. The number of hydrogen-bond donors (Lipinski definition) is 3. The lowest BCUT2D eigenvalue weighted by Gasteiger charge is -2.19. The maximum absolute atomic E-state index is 10.7. The van der Waals surface area contributed by atoms with Crippen LogP contribution in [-0.2, 0) is 0 Å². The number of rotatable bonds is 6. The van der Waals surface area contributed by atoms with Gasteiger partial charge in [0.05, 0.1) is 13.2 Å². The number of hydrazine groups is 1. The van der Waals surface area contributed by atoms with Crippen molar-refractivity contribution in [1.82, 2.24) is 10.4 Å². The highest BCUT2D eigenvalue weighted by molar-refractivity contribution is 5.71. The fraction of sp³-hybridized carbons (Fsp3) is 0.857. The molecule has 0 saturated carbocycles. The number of primary amides is 1. The second kappa shape index (κ2) is 6.87. The second-order valence-corrected chi connectivity index (χ2v) is 2.48. The molecule has 0 rings (SSSR count). The number of aliphatic hydroxyl groups is 1. The highest BCUT2D eigenvalue weighted by Crippen LogP contribution is 1.85. The highest BCUT2D eigenvalue weighted by atomic mass is 16.3. The Morgan fingerprint density at radius 1 is 1.67 bits per heavy atom. The van der Waals surface area contributed by atoms with Crippen molar-refractivity contribution in [3.8, 4) is 0 Å². The second-order valence-electron chi connectivity index (χ2n) is 2.48. The fourth-order valence-electron chi connectivity index (χ4n) is 0.758. The Hall–Kier alpha value is -0.810. The summed E-state index contributed by atoms with van der Waals surface area (Å²) < 4.78 is 0. The molecule has 12 heavy (non-hydrogen) atoms. The van der Waals surface area contributed by atoms with E-state index in [2.05, 4.69) is 12.3 Å². The number of aliphatic hydroxyl groups excluding tert-OH is 1. The first-order valence-corrected chi connectivity index (χ1v) is 4.13. The molecule has 2 amide bonds. The van der Waals surface area contributed by atoms with Gasteiger partial charge in [-0.05, 0) is 6.42 Å². The van der Waals surface area contributed by atoms with Gasteiger partial charge in [0.25, 0.3) is 0 Å². The Kier molecular flexibility index (Phi) is 6.41. The topological polar surface area (TPSA) is 78.6 Å². The van der Waals surface area contributed by atoms with E-state index in [-0.39, 0.29) is 13.2 Å². The minimum absolute atomic E-state index is 0.0813. The maximum atomic E-state index is 10.7. The SMILES string of the molecule is CCCCNN(CCO)C(N)=O. The van der Waals surface area contributed by atoms with Crippen LogP contribution >= 0.6 is 0 Å². The van der Waals surface area contributed by atoms with Gasteiger partial charge in [0, 0.05) is 6.54 Å². The van der Waals surface area contributed by atoms with Crippen LogP contribution in [0.15, 0.2) is 0 Å². The van der Waals surface area contributed by atoms with Gasteiger partial charge in [-0.25, -0.2) is 10.2 Å². The highest BCUT2D eigenvalue weighted by Gasteiger charge is 2.06. The van der Waals surface area contributed by atoms with Gasteiger partial charge in [-0.15, -0.1) is 0 Å². The van der Waals surface area contributed by atoms with Gasteiger partial charge in [0.15, 0.2) is 0 Å². The van der Waals surface area contributed by atoms with Gasteiger partial charge in [-0.2, -0.15) is 0 Å². The van der Waals surface area contributed by atoms with E-state index >= 15 is 0 Å². The van der Waals surface area contributed by atoms with Gasteiger partial charge in [-0.3, -0.25) is 5.01 Å². The Balaban J connectivity index is 3.56. The average molecular weight is 175 g/mol. The number of unbranched alkanes of at least 4 members (excludes halogenated alkanes) is 1. The first kappa shape index (κ1) is 11.2. The third-order valence-electron chi connectivity index (χ3n) is 1.42. The van der Waals surface area contributed by atoms with Crippen LogP contribution in [0.1, 0.15) is 19.8 Å². The molecule has 0 bridgehead atoms. The van der Waals surface area contributed by atoms with Crippen LogP contribution < -0.4 is 11.2 Å². The average Bonchev–Trinajstić information content (AvgIpc) is 2.03. The molecule has 0 aromatic rings. The molecular formula is C7H17N3O2. The molecule has 0 heterocycles. The summed E-state index contributed by atoms with van der Waals surface area (Å²) in [6, 6.07) is -0.555. The van der Waals surface area contributed by atoms with Crippen LogP contribution in [0.3, 0.4) is 0 Å². The summed E-state index contributed by atoms with van der Waals surface area (Å²) in [6.07, 6.45) is 2.04. The molecule has 5 nitrogen and oxygen atoms in total. The minimum atomic E-state index is -0.555. The number of hydrogen-bond acceptors (Lipinski definition) is 3. The molecule has 4 N–H and O–H groups in total. The van der Waals surface area contributed by atoms with Crippen molar-refractivity contribution in [3.05, 3.63) is 0 Å².